The summed E-state index contributed by atoms with van der Waals surface area (Å²) >= 11 is 0. The van der Waals surface area contributed by atoms with Crippen LogP contribution in [0.25, 0.3) is 0 Å². The lowest BCUT2D eigenvalue weighted by atomic mass is 9.95. The summed E-state index contributed by atoms with van der Waals surface area (Å²) in [4.78, 5) is 2.46. The highest BCUT2D eigenvalue weighted by Gasteiger charge is 2.35. The van der Waals surface area contributed by atoms with E-state index in [0.29, 0.717) is 13.2 Å². The van der Waals surface area contributed by atoms with Crippen LogP contribution in [-0.4, -0.2) is 43.9 Å². The number of methoxy groups -OCH3 is 1. The van der Waals surface area contributed by atoms with E-state index in [9.17, 15) is 0 Å². The fourth-order valence-corrected chi connectivity index (χ4v) is 2.95. The van der Waals surface area contributed by atoms with Crippen LogP contribution >= 0.6 is 0 Å². The average molecular weight is 278 g/mol. The molecule has 0 spiro atoms. The minimum absolute atomic E-state index is 0.0134. The van der Waals surface area contributed by atoms with E-state index < -0.39 is 0 Å². The van der Waals surface area contributed by atoms with Crippen LogP contribution in [0.2, 0.25) is 0 Å². The highest BCUT2D eigenvalue weighted by atomic mass is 16.5. The molecule has 0 aliphatic carbocycles. The molecule has 1 heterocycles. The molecular weight excluding hydrogens is 252 g/mol. The van der Waals surface area contributed by atoms with Crippen LogP contribution in [0, 0.1) is 0 Å². The smallest absolute Gasteiger partial charge is 0.0713 e. The zero-order valence-corrected chi connectivity index (χ0v) is 12.8. The molecule has 0 amide bonds. The van der Waals surface area contributed by atoms with Crippen molar-refractivity contribution in [3.05, 3.63) is 35.4 Å². The molecule has 1 aliphatic rings. The molecule has 4 nitrogen and oxygen atoms in total. The van der Waals surface area contributed by atoms with Crippen LogP contribution in [0.15, 0.2) is 24.3 Å². The molecule has 0 aromatic heterocycles. The predicted octanol–water partition coefficient (Wildman–Crippen LogP) is 1.94. The van der Waals surface area contributed by atoms with E-state index in [-0.39, 0.29) is 11.6 Å². The van der Waals surface area contributed by atoms with E-state index in [2.05, 4.69) is 43.0 Å². The van der Waals surface area contributed by atoms with Crippen molar-refractivity contribution in [2.75, 3.05) is 33.4 Å². The summed E-state index contributed by atoms with van der Waals surface area (Å²) in [6.45, 7) is 8.13. The number of ether oxygens (including phenoxy) is 2. The standard InChI is InChI=1S/C16H26N2O2/c1-16(2)12-20-8-7-18(16)15(10-17)14-6-4-5-13(9-14)11-19-3/h4-6,9,15H,7-8,10-12,17H2,1-3H3. The summed E-state index contributed by atoms with van der Waals surface area (Å²) in [7, 11) is 1.72. The molecule has 20 heavy (non-hydrogen) atoms. The van der Waals surface area contributed by atoms with Crippen molar-refractivity contribution in [2.24, 2.45) is 5.73 Å². The van der Waals surface area contributed by atoms with Gasteiger partial charge in [-0.15, -0.1) is 0 Å². The first-order chi connectivity index (χ1) is 9.58. The first kappa shape index (κ1) is 15.4. The molecule has 2 rings (SSSR count). The van der Waals surface area contributed by atoms with Gasteiger partial charge in [0, 0.05) is 31.8 Å². The van der Waals surface area contributed by atoms with Crippen molar-refractivity contribution < 1.29 is 9.47 Å². The van der Waals surface area contributed by atoms with Crippen molar-refractivity contribution in [1.82, 2.24) is 4.90 Å². The van der Waals surface area contributed by atoms with Gasteiger partial charge >= 0.3 is 0 Å². The van der Waals surface area contributed by atoms with E-state index in [1.807, 2.05) is 0 Å². The zero-order valence-electron chi connectivity index (χ0n) is 12.8. The Balaban J connectivity index is 2.24. The average Bonchev–Trinajstić information content (AvgIpc) is 2.42. The second-order valence-corrected chi connectivity index (χ2v) is 5.99. The monoisotopic (exact) mass is 278 g/mol. The molecule has 1 aliphatic heterocycles. The number of rotatable bonds is 5. The molecule has 1 unspecified atom stereocenters. The van der Waals surface area contributed by atoms with Crippen LogP contribution in [0.5, 0.6) is 0 Å². The predicted molar refractivity (Wildman–Crippen MR) is 80.6 cm³/mol. The first-order valence-corrected chi connectivity index (χ1v) is 7.21. The van der Waals surface area contributed by atoms with Gasteiger partial charge in [-0.2, -0.15) is 0 Å². The minimum atomic E-state index is 0.0134. The number of nitrogens with zero attached hydrogens (tertiary/aromatic N) is 1. The van der Waals surface area contributed by atoms with E-state index in [1.165, 1.54) is 11.1 Å². The molecule has 0 saturated carbocycles. The van der Waals surface area contributed by atoms with E-state index in [4.69, 9.17) is 15.2 Å². The summed E-state index contributed by atoms with van der Waals surface area (Å²) in [5, 5.41) is 0. The van der Waals surface area contributed by atoms with E-state index >= 15 is 0 Å². The maximum atomic E-state index is 6.07. The Morgan fingerprint density at radius 2 is 2.25 bits per heavy atom. The van der Waals surface area contributed by atoms with Crippen molar-refractivity contribution in [3.63, 3.8) is 0 Å². The van der Waals surface area contributed by atoms with Crippen molar-refractivity contribution in [1.29, 1.82) is 0 Å². The van der Waals surface area contributed by atoms with Crippen molar-refractivity contribution in [3.8, 4) is 0 Å². The Hall–Kier alpha value is -0.940. The largest absolute Gasteiger partial charge is 0.380 e. The summed E-state index contributed by atoms with van der Waals surface area (Å²) in [5.74, 6) is 0. The summed E-state index contributed by atoms with van der Waals surface area (Å²) in [6.07, 6.45) is 0. The molecule has 1 fully saturated rings. The highest BCUT2D eigenvalue weighted by molar-refractivity contribution is 5.26. The number of hydrogen-bond donors (Lipinski definition) is 1. The van der Waals surface area contributed by atoms with Gasteiger partial charge in [0.15, 0.2) is 0 Å². The number of nitrogens with two attached hydrogens (primary N) is 1. The Bertz CT molecular complexity index is 434. The lowest BCUT2D eigenvalue weighted by Crippen LogP contribution is -2.55. The lowest BCUT2D eigenvalue weighted by molar-refractivity contribution is -0.0712. The van der Waals surface area contributed by atoms with Gasteiger partial charge in [0.2, 0.25) is 0 Å². The molecular formula is C16H26N2O2. The maximum absolute atomic E-state index is 6.07. The quantitative estimate of drug-likeness (QED) is 0.894. The minimum Gasteiger partial charge on any atom is -0.380 e. The van der Waals surface area contributed by atoms with Crippen LogP contribution in [-0.2, 0) is 16.1 Å². The molecule has 112 valence electrons. The second kappa shape index (κ2) is 6.68. The van der Waals surface area contributed by atoms with Gasteiger partial charge in [-0.05, 0) is 25.0 Å². The summed E-state index contributed by atoms with van der Waals surface area (Å²) in [6, 6.07) is 8.75. The SMILES string of the molecule is COCc1cccc(C(CN)N2CCOCC2(C)C)c1. The molecule has 1 aromatic rings. The van der Waals surface area contributed by atoms with Crippen molar-refractivity contribution >= 4 is 0 Å². The Labute approximate surface area is 121 Å². The molecule has 4 heteroatoms. The van der Waals surface area contributed by atoms with Crippen LogP contribution in [0.4, 0.5) is 0 Å². The van der Waals surface area contributed by atoms with Gasteiger partial charge in [0.05, 0.1) is 19.8 Å². The normalized spacial score (nSPS) is 20.8. The van der Waals surface area contributed by atoms with Crippen LogP contribution in [0.3, 0.4) is 0 Å². The summed E-state index contributed by atoms with van der Waals surface area (Å²) < 4.78 is 10.8. The van der Waals surface area contributed by atoms with Crippen LogP contribution in [0.1, 0.15) is 31.0 Å². The molecule has 1 saturated heterocycles. The second-order valence-electron chi connectivity index (χ2n) is 5.99. The number of benzene rings is 1. The van der Waals surface area contributed by atoms with Gasteiger partial charge in [-0.3, -0.25) is 4.90 Å². The number of morpholine rings is 1. The van der Waals surface area contributed by atoms with E-state index in [0.717, 1.165) is 19.8 Å². The zero-order chi connectivity index (χ0) is 14.6. The van der Waals surface area contributed by atoms with Crippen molar-refractivity contribution in [2.45, 2.75) is 32.0 Å². The Kier molecular flexibility index (Phi) is 5.16. The highest BCUT2D eigenvalue weighted by Crippen LogP contribution is 2.30. The van der Waals surface area contributed by atoms with Gasteiger partial charge in [-0.1, -0.05) is 24.3 Å². The van der Waals surface area contributed by atoms with E-state index in [1.54, 1.807) is 7.11 Å². The number of hydrogen-bond acceptors (Lipinski definition) is 4. The Morgan fingerprint density at radius 3 is 2.90 bits per heavy atom. The third kappa shape index (κ3) is 3.38. The Morgan fingerprint density at radius 1 is 1.45 bits per heavy atom. The third-order valence-corrected chi connectivity index (χ3v) is 3.96. The maximum Gasteiger partial charge on any atom is 0.0713 e. The lowest BCUT2D eigenvalue weighted by Gasteiger charge is -2.46. The fourth-order valence-electron chi connectivity index (χ4n) is 2.95. The van der Waals surface area contributed by atoms with Crippen LogP contribution < -0.4 is 5.73 Å². The molecule has 0 radical (unpaired) electrons. The van der Waals surface area contributed by atoms with Gasteiger partial charge in [0.1, 0.15) is 0 Å². The molecule has 2 N–H and O–H groups in total. The third-order valence-electron chi connectivity index (χ3n) is 3.96. The van der Waals surface area contributed by atoms with Gasteiger partial charge in [-0.25, -0.2) is 0 Å². The van der Waals surface area contributed by atoms with Gasteiger partial charge in [0.25, 0.3) is 0 Å². The van der Waals surface area contributed by atoms with Gasteiger partial charge < -0.3 is 15.2 Å². The molecule has 1 aromatic carbocycles. The topological polar surface area (TPSA) is 47.7 Å². The molecule has 0 bridgehead atoms. The first-order valence-electron chi connectivity index (χ1n) is 7.21. The molecule has 1 atom stereocenters. The fraction of sp³-hybridized carbons (Fsp3) is 0.625. The summed E-state index contributed by atoms with van der Waals surface area (Å²) in [5.41, 5.74) is 8.53.